The van der Waals surface area contributed by atoms with E-state index in [1.807, 2.05) is 37.3 Å². The molecule has 25 heavy (non-hydrogen) atoms. The van der Waals surface area contributed by atoms with E-state index >= 15 is 0 Å². The van der Waals surface area contributed by atoms with Crippen LogP contribution in [0.1, 0.15) is 29.7 Å². The van der Waals surface area contributed by atoms with Gasteiger partial charge in [-0.1, -0.05) is 42.0 Å². The molecule has 0 aliphatic carbocycles. The molecule has 1 aliphatic heterocycles. The molecule has 1 aliphatic rings. The van der Waals surface area contributed by atoms with Crippen LogP contribution in [-0.2, 0) is 11.4 Å². The van der Waals surface area contributed by atoms with Gasteiger partial charge in [-0.05, 0) is 37.1 Å². The minimum absolute atomic E-state index is 0.0225. The number of hydrogen-bond donors (Lipinski definition) is 2. The van der Waals surface area contributed by atoms with Crippen LogP contribution in [0, 0.1) is 6.92 Å². The Morgan fingerprint density at radius 2 is 2.12 bits per heavy atom. The molecule has 4 nitrogen and oxygen atoms in total. The van der Waals surface area contributed by atoms with Crippen LogP contribution in [0.25, 0.3) is 0 Å². The standard InChI is InChI=1S/C20H24N2O2S/c1-14-4-3-5-16(10-14)11-24-18-8-6-17(7-9-18)15(2)22-20(23)19-12-25-13-21-19/h3-10,15,19,21H,11-13H2,1-2H3,(H,22,23). The Balaban J connectivity index is 1.53. The highest BCUT2D eigenvalue weighted by molar-refractivity contribution is 7.99. The molecule has 1 saturated heterocycles. The van der Waals surface area contributed by atoms with Crippen LogP contribution in [0.15, 0.2) is 48.5 Å². The summed E-state index contributed by atoms with van der Waals surface area (Å²) in [4.78, 5) is 12.2. The smallest absolute Gasteiger partial charge is 0.238 e. The van der Waals surface area contributed by atoms with E-state index in [2.05, 4.69) is 35.8 Å². The first kappa shape index (κ1) is 17.8. The van der Waals surface area contributed by atoms with Crippen LogP contribution in [0.5, 0.6) is 5.75 Å². The van der Waals surface area contributed by atoms with Crippen LogP contribution < -0.4 is 15.4 Å². The largest absolute Gasteiger partial charge is 0.489 e. The number of amides is 1. The highest BCUT2D eigenvalue weighted by atomic mass is 32.2. The van der Waals surface area contributed by atoms with Crippen molar-refractivity contribution in [1.29, 1.82) is 0 Å². The second kappa shape index (κ2) is 8.41. The maximum absolute atomic E-state index is 12.2. The van der Waals surface area contributed by atoms with Gasteiger partial charge < -0.3 is 10.1 Å². The van der Waals surface area contributed by atoms with Crippen molar-refractivity contribution in [3.05, 3.63) is 65.2 Å². The van der Waals surface area contributed by atoms with Crippen LogP contribution in [0.4, 0.5) is 0 Å². The van der Waals surface area contributed by atoms with Gasteiger partial charge in [-0.25, -0.2) is 0 Å². The van der Waals surface area contributed by atoms with Crippen molar-refractivity contribution in [2.24, 2.45) is 0 Å². The maximum atomic E-state index is 12.2. The average molecular weight is 356 g/mol. The number of nitrogens with one attached hydrogen (secondary N) is 2. The molecule has 2 unspecified atom stereocenters. The number of carbonyl (C=O) groups is 1. The molecule has 2 aromatic rings. The zero-order valence-corrected chi connectivity index (χ0v) is 15.4. The molecule has 1 heterocycles. The molecular formula is C20H24N2O2S. The lowest BCUT2D eigenvalue weighted by Gasteiger charge is -2.17. The first-order valence-electron chi connectivity index (χ1n) is 8.51. The number of hydrogen-bond acceptors (Lipinski definition) is 4. The van der Waals surface area contributed by atoms with Crippen molar-refractivity contribution < 1.29 is 9.53 Å². The molecule has 1 amide bonds. The zero-order chi connectivity index (χ0) is 17.6. The molecule has 0 saturated carbocycles. The molecule has 0 radical (unpaired) electrons. The van der Waals surface area contributed by atoms with E-state index in [0.717, 1.165) is 28.5 Å². The van der Waals surface area contributed by atoms with Gasteiger partial charge >= 0.3 is 0 Å². The van der Waals surface area contributed by atoms with E-state index in [0.29, 0.717) is 6.61 Å². The summed E-state index contributed by atoms with van der Waals surface area (Å²) in [6.45, 7) is 4.63. The second-order valence-corrected chi connectivity index (χ2v) is 7.38. The fourth-order valence-electron chi connectivity index (χ4n) is 2.78. The van der Waals surface area contributed by atoms with Crippen LogP contribution in [0.3, 0.4) is 0 Å². The summed E-state index contributed by atoms with van der Waals surface area (Å²) in [7, 11) is 0. The predicted molar refractivity (Wildman–Crippen MR) is 103 cm³/mol. The summed E-state index contributed by atoms with van der Waals surface area (Å²) >= 11 is 1.75. The number of carbonyl (C=O) groups excluding carboxylic acids is 1. The predicted octanol–water partition coefficient (Wildman–Crippen LogP) is 3.41. The lowest BCUT2D eigenvalue weighted by atomic mass is 10.1. The van der Waals surface area contributed by atoms with Gasteiger partial charge in [0.15, 0.2) is 0 Å². The Kier molecular flexibility index (Phi) is 6.00. The molecule has 3 rings (SSSR count). The van der Waals surface area contributed by atoms with Gasteiger partial charge in [0.2, 0.25) is 5.91 Å². The molecule has 5 heteroatoms. The molecule has 2 N–H and O–H groups in total. The molecular weight excluding hydrogens is 332 g/mol. The number of benzene rings is 2. The highest BCUT2D eigenvalue weighted by Crippen LogP contribution is 2.19. The highest BCUT2D eigenvalue weighted by Gasteiger charge is 2.23. The summed E-state index contributed by atoms with van der Waals surface area (Å²) in [5, 5.41) is 6.26. The van der Waals surface area contributed by atoms with Gasteiger partial charge in [-0.2, -0.15) is 0 Å². The Morgan fingerprint density at radius 3 is 2.80 bits per heavy atom. The summed E-state index contributed by atoms with van der Waals surface area (Å²) < 4.78 is 5.84. The van der Waals surface area contributed by atoms with Gasteiger partial charge in [-0.3, -0.25) is 10.1 Å². The molecule has 132 valence electrons. The molecule has 0 spiro atoms. The zero-order valence-electron chi connectivity index (χ0n) is 14.6. The van der Waals surface area contributed by atoms with Crippen molar-refractivity contribution in [3.8, 4) is 5.75 Å². The van der Waals surface area contributed by atoms with Crippen molar-refractivity contribution in [2.75, 3.05) is 11.6 Å². The van der Waals surface area contributed by atoms with E-state index in [1.54, 1.807) is 11.8 Å². The lowest BCUT2D eigenvalue weighted by Crippen LogP contribution is -2.42. The number of ether oxygens (including phenoxy) is 1. The van der Waals surface area contributed by atoms with Crippen LogP contribution >= 0.6 is 11.8 Å². The van der Waals surface area contributed by atoms with Crippen LogP contribution in [-0.4, -0.2) is 23.6 Å². The fourth-order valence-corrected chi connectivity index (χ4v) is 3.72. The maximum Gasteiger partial charge on any atom is 0.238 e. The number of rotatable bonds is 6. The second-order valence-electron chi connectivity index (χ2n) is 6.35. The van der Waals surface area contributed by atoms with E-state index in [4.69, 9.17) is 4.74 Å². The molecule has 0 bridgehead atoms. The molecule has 2 atom stereocenters. The topological polar surface area (TPSA) is 50.4 Å². The first-order valence-corrected chi connectivity index (χ1v) is 9.67. The molecule has 2 aromatic carbocycles. The Labute approximate surface area is 153 Å². The SMILES string of the molecule is Cc1cccc(COc2ccc(C(C)NC(=O)C3CSCN3)cc2)c1. The normalized spacial score (nSPS) is 17.9. The minimum Gasteiger partial charge on any atom is -0.489 e. The minimum atomic E-state index is -0.0793. The van der Waals surface area contributed by atoms with Gasteiger partial charge in [-0.15, -0.1) is 11.8 Å². The number of thioether (sulfide) groups is 1. The third-order valence-corrected chi connectivity index (χ3v) is 5.20. The lowest BCUT2D eigenvalue weighted by molar-refractivity contribution is -0.123. The number of aryl methyl sites for hydroxylation is 1. The van der Waals surface area contributed by atoms with Gasteiger partial charge in [0.25, 0.3) is 0 Å². The summed E-state index contributed by atoms with van der Waals surface area (Å²) in [5.41, 5.74) is 3.46. The fraction of sp³-hybridized carbons (Fsp3) is 0.350. The first-order chi connectivity index (χ1) is 12.1. The van der Waals surface area contributed by atoms with Crippen molar-refractivity contribution >= 4 is 17.7 Å². The van der Waals surface area contributed by atoms with Crippen molar-refractivity contribution in [2.45, 2.75) is 32.5 Å². The third-order valence-electron chi connectivity index (χ3n) is 4.26. The monoisotopic (exact) mass is 356 g/mol. The van der Waals surface area contributed by atoms with E-state index in [1.165, 1.54) is 5.56 Å². The summed E-state index contributed by atoms with van der Waals surface area (Å²) in [5.74, 6) is 2.58. The third kappa shape index (κ3) is 5.00. The molecule has 1 fully saturated rings. The van der Waals surface area contributed by atoms with E-state index in [9.17, 15) is 4.79 Å². The molecule has 0 aromatic heterocycles. The Morgan fingerprint density at radius 1 is 1.32 bits per heavy atom. The van der Waals surface area contributed by atoms with Crippen LogP contribution in [0.2, 0.25) is 0 Å². The Hall–Kier alpha value is -1.98. The van der Waals surface area contributed by atoms with Gasteiger partial charge in [0.1, 0.15) is 12.4 Å². The van der Waals surface area contributed by atoms with E-state index < -0.39 is 0 Å². The summed E-state index contributed by atoms with van der Waals surface area (Å²) in [6.07, 6.45) is 0. The summed E-state index contributed by atoms with van der Waals surface area (Å²) in [6, 6.07) is 16.1. The van der Waals surface area contributed by atoms with Crippen molar-refractivity contribution in [1.82, 2.24) is 10.6 Å². The van der Waals surface area contributed by atoms with Gasteiger partial charge in [0.05, 0.1) is 12.1 Å². The van der Waals surface area contributed by atoms with Crippen molar-refractivity contribution in [3.63, 3.8) is 0 Å². The van der Waals surface area contributed by atoms with Gasteiger partial charge in [0, 0.05) is 11.6 Å². The van der Waals surface area contributed by atoms with E-state index in [-0.39, 0.29) is 18.0 Å². The quantitative estimate of drug-likeness (QED) is 0.833. The Bertz CT molecular complexity index is 712. The average Bonchev–Trinajstić information content (AvgIpc) is 3.15.